The number of nitrogens with two attached hydrogens (primary N) is 1. The Bertz CT molecular complexity index is 148. The molecule has 0 bridgehead atoms. The fourth-order valence-corrected chi connectivity index (χ4v) is 2.54. The Hall–Kier alpha value is -0.0800. The van der Waals surface area contributed by atoms with Crippen molar-refractivity contribution < 1.29 is 0 Å². The minimum atomic E-state index is 0.378. The van der Waals surface area contributed by atoms with Crippen LogP contribution < -0.4 is 5.73 Å². The first kappa shape index (κ1) is 12.0. The Balaban J connectivity index is 2.17. The topological polar surface area (TPSA) is 29.3 Å². The molecule has 84 valence electrons. The highest BCUT2D eigenvalue weighted by atomic mass is 15.1. The molecule has 1 aliphatic carbocycles. The fraction of sp³-hybridized carbons (Fsp3) is 1.00. The van der Waals surface area contributed by atoms with Crippen molar-refractivity contribution >= 4 is 0 Å². The summed E-state index contributed by atoms with van der Waals surface area (Å²) in [6.07, 6.45) is 6.87. The number of hydrogen-bond acceptors (Lipinski definition) is 2. The lowest BCUT2D eigenvalue weighted by Crippen LogP contribution is -2.35. The molecule has 1 saturated carbocycles. The van der Waals surface area contributed by atoms with E-state index in [2.05, 4.69) is 25.9 Å². The van der Waals surface area contributed by atoms with E-state index in [0.717, 1.165) is 18.4 Å². The van der Waals surface area contributed by atoms with Gasteiger partial charge in [0.25, 0.3) is 0 Å². The Labute approximate surface area is 88.8 Å². The zero-order valence-electron chi connectivity index (χ0n) is 10.00. The normalized spacial score (nSPS) is 30.6. The molecule has 1 fully saturated rings. The monoisotopic (exact) mass is 198 g/mol. The van der Waals surface area contributed by atoms with E-state index in [0.29, 0.717) is 6.04 Å². The summed E-state index contributed by atoms with van der Waals surface area (Å²) in [5, 5.41) is 0. The molecule has 0 heterocycles. The predicted molar refractivity (Wildman–Crippen MR) is 62.3 cm³/mol. The summed E-state index contributed by atoms with van der Waals surface area (Å²) in [5.74, 6) is 1.86. The van der Waals surface area contributed by atoms with E-state index in [1.807, 2.05) is 0 Å². The maximum Gasteiger partial charge on any atom is 0.0170 e. The largest absolute Gasteiger partial charge is 0.327 e. The van der Waals surface area contributed by atoms with Gasteiger partial charge in [-0.2, -0.15) is 0 Å². The summed E-state index contributed by atoms with van der Waals surface area (Å²) >= 11 is 0. The van der Waals surface area contributed by atoms with Crippen LogP contribution in [0.15, 0.2) is 0 Å². The summed E-state index contributed by atoms with van der Waals surface area (Å²) < 4.78 is 0. The fourth-order valence-electron chi connectivity index (χ4n) is 2.54. The lowest BCUT2D eigenvalue weighted by molar-refractivity contribution is 0.248. The summed E-state index contributed by atoms with van der Waals surface area (Å²) in [6, 6.07) is 0.378. The summed E-state index contributed by atoms with van der Waals surface area (Å²) in [6.45, 7) is 3.40. The van der Waals surface area contributed by atoms with Crippen LogP contribution in [0.2, 0.25) is 0 Å². The Morgan fingerprint density at radius 1 is 1.21 bits per heavy atom. The van der Waals surface area contributed by atoms with Crippen LogP contribution in [0.1, 0.15) is 39.0 Å². The van der Waals surface area contributed by atoms with Gasteiger partial charge in [-0.1, -0.05) is 32.6 Å². The van der Waals surface area contributed by atoms with Crippen molar-refractivity contribution in [1.82, 2.24) is 4.90 Å². The molecule has 2 nitrogen and oxygen atoms in total. The van der Waals surface area contributed by atoms with E-state index in [1.165, 1.54) is 32.1 Å². The Morgan fingerprint density at radius 2 is 1.79 bits per heavy atom. The summed E-state index contributed by atoms with van der Waals surface area (Å²) in [7, 11) is 4.20. The number of likely N-dealkylation sites (N-methyl/N-ethyl adjacent to an activating group) is 1. The van der Waals surface area contributed by atoms with Gasteiger partial charge in [0.15, 0.2) is 0 Å². The second kappa shape index (κ2) is 5.72. The molecule has 1 aliphatic rings. The predicted octanol–water partition coefficient (Wildman–Crippen LogP) is 2.09. The third-order valence-corrected chi connectivity index (χ3v) is 3.37. The average Bonchev–Trinajstić information content (AvgIpc) is 2.07. The van der Waals surface area contributed by atoms with Gasteiger partial charge in [0.2, 0.25) is 0 Å². The van der Waals surface area contributed by atoms with Crippen LogP contribution in [0, 0.1) is 11.8 Å². The van der Waals surface area contributed by atoms with E-state index < -0.39 is 0 Å². The quantitative estimate of drug-likeness (QED) is 0.749. The standard InChI is InChI=1S/C12H26N2/c1-10-4-6-11(7-5-10)8-12(13)9-14(2)3/h10-12H,4-9,13H2,1-3H3/t10?,11?,12-/m0/s1. The van der Waals surface area contributed by atoms with Crippen molar-refractivity contribution in [2.45, 2.75) is 45.1 Å². The molecule has 0 spiro atoms. The number of rotatable bonds is 4. The van der Waals surface area contributed by atoms with E-state index in [4.69, 9.17) is 5.73 Å². The van der Waals surface area contributed by atoms with Crippen LogP contribution in [0.3, 0.4) is 0 Å². The third kappa shape index (κ3) is 4.43. The minimum absolute atomic E-state index is 0.378. The van der Waals surface area contributed by atoms with Gasteiger partial charge < -0.3 is 10.6 Å². The first-order valence-corrected chi connectivity index (χ1v) is 5.98. The van der Waals surface area contributed by atoms with Crippen molar-refractivity contribution in [1.29, 1.82) is 0 Å². The van der Waals surface area contributed by atoms with E-state index in [1.54, 1.807) is 0 Å². The molecular weight excluding hydrogens is 172 g/mol. The maximum atomic E-state index is 6.10. The Kier molecular flexibility index (Phi) is 4.90. The van der Waals surface area contributed by atoms with Crippen LogP contribution in [-0.4, -0.2) is 31.6 Å². The second-order valence-electron chi connectivity index (χ2n) is 5.38. The van der Waals surface area contributed by atoms with E-state index >= 15 is 0 Å². The lowest BCUT2D eigenvalue weighted by atomic mass is 9.80. The first-order chi connectivity index (χ1) is 6.58. The molecule has 2 N–H and O–H groups in total. The van der Waals surface area contributed by atoms with Crippen molar-refractivity contribution in [3.63, 3.8) is 0 Å². The molecule has 0 unspecified atom stereocenters. The molecule has 1 rings (SSSR count). The number of nitrogens with zero attached hydrogens (tertiary/aromatic N) is 1. The highest BCUT2D eigenvalue weighted by Gasteiger charge is 2.20. The van der Waals surface area contributed by atoms with Crippen LogP contribution in [0.4, 0.5) is 0 Å². The molecule has 0 amide bonds. The lowest BCUT2D eigenvalue weighted by Gasteiger charge is -2.28. The second-order valence-corrected chi connectivity index (χ2v) is 5.38. The summed E-state index contributed by atoms with van der Waals surface area (Å²) in [5.41, 5.74) is 6.10. The van der Waals surface area contributed by atoms with Crippen LogP contribution in [-0.2, 0) is 0 Å². The van der Waals surface area contributed by atoms with Gasteiger partial charge in [-0.15, -0.1) is 0 Å². The summed E-state index contributed by atoms with van der Waals surface area (Å²) in [4.78, 5) is 2.19. The molecule has 0 saturated heterocycles. The average molecular weight is 198 g/mol. The SMILES string of the molecule is CC1CCC(C[C@H](N)CN(C)C)CC1. The third-order valence-electron chi connectivity index (χ3n) is 3.37. The van der Waals surface area contributed by atoms with Gasteiger partial charge in [0, 0.05) is 12.6 Å². The van der Waals surface area contributed by atoms with Crippen molar-refractivity contribution in [2.24, 2.45) is 17.6 Å². The highest BCUT2D eigenvalue weighted by Crippen LogP contribution is 2.30. The van der Waals surface area contributed by atoms with Crippen LogP contribution in [0.5, 0.6) is 0 Å². The van der Waals surface area contributed by atoms with Crippen LogP contribution >= 0.6 is 0 Å². The number of hydrogen-bond donors (Lipinski definition) is 1. The smallest absolute Gasteiger partial charge is 0.0170 e. The molecule has 0 radical (unpaired) electrons. The molecule has 0 aliphatic heterocycles. The zero-order chi connectivity index (χ0) is 10.6. The maximum absolute atomic E-state index is 6.10. The van der Waals surface area contributed by atoms with Gasteiger partial charge in [-0.3, -0.25) is 0 Å². The first-order valence-electron chi connectivity index (χ1n) is 5.98. The van der Waals surface area contributed by atoms with E-state index in [-0.39, 0.29) is 0 Å². The highest BCUT2D eigenvalue weighted by molar-refractivity contribution is 4.75. The van der Waals surface area contributed by atoms with E-state index in [9.17, 15) is 0 Å². The van der Waals surface area contributed by atoms with Gasteiger partial charge in [0.1, 0.15) is 0 Å². The van der Waals surface area contributed by atoms with Crippen LogP contribution in [0.25, 0.3) is 0 Å². The van der Waals surface area contributed by atoms with Crippen molar-refractivity contribution in [3.8, 4) is 0 Å². The van der Waals surface area contributed by atoms with Crippen molar-refractivity contribution in [2.75, 3.05) is 20.6 Å². The zero-order valence-corrected chi connectivity index (χ0v) is 10.00. The Morgan fingerprint density at radius 3 is 2.29 bits per heavy atom. The molecule has 0 aromatic heterocycles. The molecule has 0 aromatic rings. The van der Waals surface area contributed by atoms with Gasteiger partial charge >= 0.3 is 0 Å². The molecule has 2 heteroatoms. The molecule has 0 aromatic carbocycles. The van der Waals surface area contributed by atoms with Gasteiger partial charge in [-0.25, -0.2) is 0 Å². The van der Waals surface area contributed by atoms with Crippen molar-refractivity contribution in [3.05, 3.63) is 0 Å². The van der Waals surface area contributed by atoms with Gasteiger partial charge in [-0.05, 0) is 32.4 Å². The van der Waals surface area contributed by atoms with Gasteiger partial charge in [0.05, 0.1) is 0 Å². The minimum Gasteiger partial charge on any atom is -0.327 e. The molecular formula is C12H26N2. The molecule has 14 heavy (non-hydrogen) atoms. The molecule has 1 atom stereocenters.